The lowest BCUT2D eigenvalue weighted by atomic mass is 9.94. The molecule has 1 amide bonds. The second-order valence-corrected chi connectivity index (χ2v) is 5.98. The third-order valence-corrected chi connectivity index (χ3v) is 4.39. The lowest BCUT2D eigenvalue weighted by Gasteiger charge is -2.22. The minimum absolute atomic E-state index is 0.0816. The fourth-order valence-corrected chi connectivity index (χ4v) is 2.81. The molecule has 0 saturated carbocycles. The number of ether oxygens (including phenoxy) is 1. The maximum atomic E-state index is 12.1. The molecule has 1 saturated heterocycles. The highest BCUT2D eigenvalue weighted by Gasteiger charge is 2.16. The van der Waals surface area contributed by atoms with Crippen LogP contribution in [-0.2, 0) is 16.0 Å². The molecule has 0 radical (unpaired) electrons. The van der Waals surface area contributed by atoms with Gasteiger partial charge in [-0.2, -0.15) is 0 Å². The maximum absolute atomic E-state index is 12.1. The molecule has 2 rings (SSSR count). The summed E-state index contributed by atoms with van der Waals surface area (Å²) in [6.07, 6.45) is 4.85. The minimum Gasteiger partial charge on any atom is -0.381 e. The zero-order chi connectivity index (χ0) is 15.1. The molecule has 1 aliphatic rings. The maximum Gasteiger partial charge on any atom is 0.220 e. The second kappa shape index (κ2) is 8.18. The summed E-state index contributed by atoms with van der Waals surface area (Å²) in [5, 5.41) is 3.10. The number of benzene rings is 1. The van der Waals surface area contributed by atoms with Crippen molar-refractivity contribution in [1.82, 2.24) is 5.32 Å². The summed E-state index contributed by atoms with van der Waals surface area (Å²) in [6.45, 7) is 5.91. The molecule has 1 aliphatic heterocycles. The average molecular weight is 289 g/mol. The zero-order valence-electron chi connectivity index (χ0n) is 13.2. The van der Waals surface area contributed by atoms with E-state index >= 15 is 0 Å². The summed E-state index contributed by atoms with van der Waals surface area (Å²) in [5.74, 6) is 0.817. The Bertz CT molecular complexity index is 435. The summed E-state index contributed by atoms with van der Waals surface area (Å²) < 4.78 is 5.35. The third-order valence-electron chi connectivity index (χ3n) is 4.39. The number of aryl methyl sites for hydroxylation is 1. The van der Waals surface area contributed by atoms with E-state index in [1.807, 2.05) is 6.92 Å². The molecule has 0 spiro atoms. The van der Waals surface area contributed by atoms with Gasteiger partial charge in [-0.25, -0.2) is 0 Å². The van der Waals surface area contributed by atoms with Gasteiger partial charge in [-0.15, -0.1) is 0 Å². The van der Waals surface area contributed by atoms with Gasteiger partial charge in [0.1, 0.15) is 0 Å². The van der Waals surface area contributed by atoms with E-state index in [9.17, 15) is 4.79 Å². The second-order valence-electron chi connectivity index (χ2n) is 5.98. The van der Waals surface area contributed by atoms with Crippen molar-refractivity contribution in [3.63, 3.8) is 0 Å². The highest BCUT2D eigenvalue weighted by Crippen LogP contribution is 2.20. The molecule has 0 aliphatic carbocycles. The molecule has 1 aromatic carbocycles. The molecule has 3 heteroatoms. The van der Waals surface area contributed by atoms with Gasteiger partial charge in [-0.3, -0.25) is 4.79 Å². The number of amides is 1. The highest BCUT2D eigenvalue weighted by atomic mass is 16.5. The fraction of sp³-hybridized carbons (Fsp3) is 0.611. The number of nitrogens with one attached hydrogen (secondary N) is 1. The Balaban J connectivity index is 1.75. The normalized spacial score (nSPS) is 17.4. The Hall–Kier alpha value is -1.35. The van der Waals surface area contributed by atoms with E-state index in [1.165, 1.54) is 11.1 Å². The lowest BCUT2D eigenvalue weighted by Crippen LogP contribution is -2.27. The van der Waals surface area contributed by atoms with Gasteiger partial charge < -0.3 is 10.1 Å². The van der Waals surface area contributed by atoms with Gasteiger partial charge in [0.25, 0.3) is 0 Å². The van der Waals surface area contributed by atoms with Crippen LogP contribution in [0.4, 0.5) is 0 Å². The minimum atomic E-state index is 0.0816. The van der Waals surface area contributed by atoms with Crippen molar-refractivity contribution in [3.8, 4) is 0 Å². The first-order valence-corrected chi connectivity index (χ1v) is 8.15. The van der Waals surface area contributed by atoms with Crippen LogP contribution < -0.4 is 5.32 Å². The van der Waals surface area contributed by atoms with Crippen molar-refractivity contribution in [3.05, 3.63) is 35.4 Å². The van der Waals surface area contributed by atoms with Gasteiger partial charge in [0.15, 0.2) is 0 Å². The van der Waals surface area contributed by atoms with Crippen molar-refractivity contribution in [2.75, 3.05) is 13.2 Å². The summed E-state index contributed by atoms with van der Waals surface area (Å²) in [4.78, 5) is 12.1. The summed E-state index contributed by atoms with van der Waals surface area (Å²) in [7, 11) is 0. The Morgan fingerprint density at radius 2 is 1.95 bits per heavy atom. The van der Waals surface area contributed by atoms with Gasteiger partial charge in [-0.1, -0.05) is 31.2 Å². The van der Waals surface area contributed by atoms with Gasteiger partial charge >= 0.3 is 0 Å². The molecule has 1 N–H and O–H groups in total. The average Bonchev–Trinajstić information content (AvgIpc) is 2.54. The van der Waals surface area contributed by atoms with Crippen LogP contribution in [0, 0.1) is 5.92 Å². The monoisotopic (exact) mass is 289 g/mol. The number of hydrogen-bond donors (Lipinski definition) is 1. The van der Waals surface area contributed by atoms with Crippen LogP contribution in [0.25, 0.3) is 0 Å². The topological polar surface area (TPSA) is 38.3 Å². The van der Waals surface area contributed by atoms with Crippen LogP contribution in [0.2, 0.25) is 0 Å². The van der Waals surface area contributed by atoms with Crippen LogP contribution in [0.3, 0.4) is 0 Å². The summed E-state index contributed by atoms with van der Waals surface area (Å²) in [5.41, 5.74) is 2.50. The fourth-order valence-electron chi connectivity index (χ4n) is 2.81. The molecule has 3 nitrogen and oxygen atoms in total. The first-order chi connectivity index (χ1) is 10.2. The largest absolute Gasteiger partial charge is 0.381 e. The number of carbonyl (C=O) groups excluding carboxylic acids is 1. The van der Waals surface area contributed by atoms with Crippen molar-refractivity contribution in [1.29, 1.82) is 0 Å². The zero-order valence-corrected chi connectivity index (χ0v) is 13.2. The Morgan fingerprint density at radius 1 is 1.29 bits per heavy atom. The molecule has 1 atom stereocenters. The van der Waals surface area contributed by atoms with Crippen molar-refractivity contribution >= 4 is 5.91 Å². The molecule has 1 aromatic rings. The summed E-state index contributed by atoms with van der Waals surface area (Å²) >= 11 is 0. The Kier molecular flexibility index (Phi) is 6.24. The first kappa shape index (κ1) is 16.0. The van der Waals surface area contributed by atoms with E-state index in [4.69, 9.17) is 4.74 Å². The summed E-state index contributed by atoms with van der Waals surface area (Å²) in [6, 6.07) is 8.59. The number of rotatable bonds is 6. The van der Waals surface area contributed by atoms with Gasteiger partial charge in [0.05, 0.1) is 6.04 Å². The van der Waals surface area contributed by atoms with Crippen LogP contribution in [0.1, 0.15) is 56.7 Å². The van der Waals surface area contributed by atoms with Gasteiger partial charge in [0.2, 0.25) is 5.91 Å². The van der Waals surface area contributed by atoms with Crippen molar-refractivity contribution < 1.29 is 9.53 Å². The quantitative estimate of drug-likeness (QED) is 0.868. The predicted octanol–water partition coefficient (Wildman–Crippen LogP) is 3.63. The first-order valence-electron chi connectivity index (χ1n) is 8.15. The van der Waals surface area contributed by atoms with E-state index in [1.54, 1.807) is 0 Å². The molecule has 0 bridgehead atoms. The van der Waals surface area contributed by atoms with Crippen molar-refractivity contribution in [2.45, 2.75) is 52.0 Å². The van der Waals surface area contributed by atoms with E-state index in [2.05, 4.69) is 36.5 Å². The molecule has 21 heavy (non-hydrogen) atoms. The molecular weight excluding hydrogens is 262 g/mol. The molecule has 1 unspecified atom stereocenters. The van der Waals surface area contributed by atoms with Crippen molar-refractivity contribution in [2.24, 2.45) is 5.92 Å². The van der Waals surface area contributed by atoms with Gasteiger partial charge in [0, 0.05) is 19.6 Å². The molecular formula is C18H27NO2. The van der Waals surface area contributed by atoms with Crippen LogP contribution >= 0.6 is 0 Å². The molecule has 1 fully saturated rings. The smallest absolute Gasteiger partial charge is 0.220 e. The third kappa shape index (κ3) is 5.16. The van der Waals surface area contributed by atoms with E-state index in [-0.39, 0.29) is 11.9 Å². The van der Waals surface area contributed by atoms with E-state index in [0.717, 1.165) is 38.9 Å². The molecule has 0 aromatic heterocycles. The van der Waals surface area contributed by atoms with Crippen LogP contribution in [0.15, 0.2) is 24.3 Å². The predicted molar refractivity (Wildman–Crippen MR) is 85.2 cm³/mol. The van der Waals surface area contributed by atoms with Gasteiger partial charge in [-0.05, 0) is 49.7 Å². The number of hydrogen-bond acceptors (Lipinski definition) is 2. The SMILES string of the molecule is CCc1ccc(C(C)NC(=O)CCC2CCOCC2)cc1. The van der Waals surface area contributed by atoms with Crippen LogP contribution in [-0.4, -0.2) is 19.1 Å². The van der Waals surface area contributed by atoms with E-state index < -0.39 is 0 Å². The standard InChI is InChI=1S/C18H27NO2/c1-3-15-4-7-17(8-5-15)14(2)19-18(20)9-6-16-10-12-21-13-11-16/h4-5,7-8,14,16H,3,6,9-13H2,1-2H3,(H,19,20). The lowest BCUT2D eigenvalue weighted by molar-refractivity contribution is -0.122. The Labute approximate surface area is 128 Å². The Morgan fingerprint density at radius 3 is 2.57 bits per heavy atom. The number of carbonyl (C=O) groups is 1. The highest BCUT2D eigenvalue weighted by molar-refractivity contribution is 5.76. The van der Waals surface area contributed by atoms with E-state index in [0.29, 0.717) is 12.3 Å². The molecule has 116 valence electrons. The van der Waals surface area contributed by atoms with Crippen LogP contribution in [0.5, 0.6) is 0 Å². The molecule has 1 heterocycles.